The van der Waals surface area contributed by atoms with Gasteiger partial charge in [-0.2, -0.15) is 4.68 Å². The van der Waals surface area contributed by atoms with Crippen molar-refractivity contribution in [1.82, 2.24) is 30.3 Å². The van der Waals surface area contributed by atoms with Gasteiger partial charge in [0, 0.05) is 18.2 Å². The summed E-state index contributed by atoms with van der Waals surface area (Å²) >= 11 is 6.00. The number of nitrogens with two attached hydrogens (primary N) is 1. The maximum atomic E-state index is 13.6. The highest BCUT2D eigenvalue weighted by Gasteiger charge is 2.18. The van der Waals surface area contributed by atoms with E-state index in [-0.39, 0.29) is 34.6 Å². The minimum absolute atomic E-state index is 0.103. The van der Waals surface area contributed by atoms with Crippen LogP contribution in [0.3, 0.4) is 0 Å². The molecule has 0 atom stereocenters. The lowest BCUT2D eigenvalue weighted by molar-refractivity contribution is 0.0946. The van der Waals surface area contributed by atoms with Gasteiger partial charge in [0.15, 0.2) is 22.5 Å². The summed E-state index contributed by atoms with van der Waals surface area (Å²) in [7, 11) is 0. The largest absolute Gasteiger partial charge is 0.382 e. The molecule has 2 heterocycles. The predicted molar refractivity (Wildman–Crippen MR) is 83.9 cm³/mol. The third kappa shape index (κ3) is 3.53. The lowest BCUT2D eigenvalue weighted by Gasteiger charge is -2.09. The minimum atomic E-state index is -0.779. The second-order valence-electron chi connectivity index (χ2n) is 4.84. The lowest BCUT2D eigenvalue weighted by Crippen LogP contribution is -2.26. The first-order valence-electron chi connectivity index (χ1n) is 6.87. The van der Waals surface area contributed by atoms with Crippen molar-refractivity contribution in [3.63, 3.8) is 0 Å². The third-order valence-corrected chi connectivity index (χ3v) is 3.43. The number of nitrogens with one attached hydrogen (secondary N) is 1. The molecule has 0 bridgehead atoms. The zero-order chi connectivity index (χ0) is 18.0. The molecule has 3 N–H and O–H groups in total. The Bertz CT molecular complexity index is 933. The fourth-order valence-corrected chi connectivity index (χ4v) is 2.19. The first kappa shape index (κ1) is 16.7. The lowest BCUT2D eigenvalue weighted by atomic mass is 10.2. The van der Waals surface area contributed by atoms with Gasteiger partial charge in [0.1, 0.15) is 11.6 Å². The molecule has 0 aliphatic carbocycles. The highest BCUT2D eigenvalue weighted by atomic mass is 35.5. The second kappa shape index (κ2) is 6.77. The molecule has 11 heteroatoms. The molecule has 0 aliphatic rings. The number of aromatic nitrogens is 5. The van der Waals surface area contributed by atoms with Crippen molar-refractivity contribution in [2.75, 3.05) is 5.73 Å². The van der Waals surface area contributed by atoms with Crippen LogP contribution in [0.15, 0.2) is 30.6 Å². The van der Waals surface area contributed by atoms with Gasteiger partial charge < -0.3 is 11.1 Å². The van der Waals surface area contributed by atoms with E-state index in [2.05, 4.69) is 25.6 Å². The van der Waals surface area contributed by atoms with Gasteiger partial charge >= 0.3 is 0 Å². The Labute approximate surface area is 144 Å². The van der Waals surface area contributed by atoms with Gasteiger partial charge in [0.2, 0.25) is 0 Å². The van der Waals surface area contributed by atoms with E-state index < -0.39 is 17.5 Å². The molecule has 1 aromatic carbocycles. The first-order chi connectivity index (χ1) is 12.0. The fraction of sp³-hybridized carbons (Fsp3) is 0.0714. The first-order valence-corrected chi connectivity index (χ1v) is 7.25. The van der Waals surface area contributed by atoms with Crippen LogP contribution in [-0.4, -0.2) is 30.9 Å². The van der Waals surface area contributed by atoms with Crippen molar-refractivity contribution >= 4 is 23.3 Å². The van der Waals surface area contributed by atoms with Crippen molar-refractivity contribution in [2.24, 2.45) is 0 Å². The molecular formula is C14H10ClF2N7O. The number of anilines is 1. The van der Waals surface area contributed by atoms with Crippen LogP contribution in [0.1, 0.15) is 16.1 Å². The molecule has 8 nitrogen and oxygen atoms in total. The number of halogens is 3. The van der Waals surface area contributed by atoms with Gasteiger partial charge in [0.05, 0.1) is 12.4 Å². The van der Waals surface area contributed by atoms with Crippen LogP contribution in [0.4, 0.5) is 14.6 Å². The standard InChI is InChI=1S/C14H10ClF2N7O/c15-11-13(24-4-3-20-23-24)22-12(18)10(21-11)14(25)19-6-7-1-2-8(16)5-9(7)17/h1-5H,6H2,(H2,18,22)(H,19,25). The molecule has 0 aliphatic heterocycles. The second-order valence-corrected chi connectivity index (χ2v) is 5.20. The van der Waals surface area contributed by atoms with Crippen molar-refractivity contribution < 1.29 is 13.6 Å². The number of nitrogen functional groups attached to an aromatic ring is 1. The Balaban J connectivity index is 1.79. The van der Waals surface area contributed by atoms with Gasteiger partial charge in [-0.3, -0.25) is 4.79 Å². The number of hydrogen-bond donors (Lipinski definition) is 2. The van der Waals surface area contributed by atoms with E-state index >= 15 is 0 Å². The zero-order valence-electron chi connectivity index (χ0n) is 12.4. The van der Waals surface area contributed by atoms with Gasteiger partial charge in [-0.15, -0.1) is 5.10 Å². The van der Waals surface area contributed by atoms with Crippen LogP contribution >= 0.6 is 11.6 Å². The molecular weight excluding hydrogens is 356 g/mol. The number of nitrogens with zero attached hydrogens (tertiary/aromatic N) is 5. The Morgan fingerprint density at radius 1 is 1.32 bits per heavy atom. The van der Waals surface area contributed by atoms with Crippen LogP contribution in [0.5, 0.6) is 0 Å². The van der Waals surface area contributed by atoms with E-state index in [1.54, 1.807) is 0 Å². The summed E-state index contributed by atoms with van der Waals surface area (Å²) in [6.07, 6.45) is 2.89. The quantitative estimate of drug-likeness (QED) is 0.724. The van der Waals surface area contributed by atoms with Crippen molar-refractivity contribution in [1.29, 1.82) is 0 Å². The number of carbonyl (C=O) groups excluding carboxylic acids is 1. The van der Waals surface area contributed by atoms with Gasteiger partial charge in [0.25, 0.3) is 5.91 Å². The van der Waals surface area contributed by atoms with Gasteiger partial charge in [-0.05, 0) is 6.07 Å². The van der Waals surface area contributed by atoms with E-state index in [0.29, 0.717) is 0 Å². The number of benzene rings is 1. The van der Waals surface area contributed by atoms with Crippen molar-refractivity contribution in [3.05, 3.63) is 58.6 Å². The summed E-state index contributed by atoms with van der Waals surface area (Å²) in [6.45, 7) is -0.186. The van der Waals surface area contributed by atoms with E-state index in [0.717, 1.165) is 12.1 Å². The molecule has 0 fully saturated rings. The van der Waals surface area contributed by atoms with E-state index in [1.807, 2.05) is 0 Å². The third-order valence-electron chi connectivity index (χ3n) is 3.17. The number of carbonyl (C=O) groups is 1. The van der Waals surface area contributed by atoms with Crippen molar-refractivity contribution in [3.8, 4) is 5.82 Å². The zero-order valence-corrected chi connectivity index (χ0v) is 13.2. The Morgan fingerprint density at radius 3 is 2.80 bits per heavy atom. The highest BCUT2D eigenvalue weighted by Crippen LogP contribution is 2.19. The summed E-state index contributed by atoms with van der Waals surface area (Å²) in [4.78, 5) is 20.1. The molecule has 25 heavy (non-hydrogen) atoms. The summed E-state index contributed by atoms with van der Waals surface area (Å²) in [6, 6.07) is 3.03. The van der Waals surface area contributed by atoms with Crippen molar-refractivity contribution in [2.45, 2.75) is 6.54 Å². The number of rotatable bonds is 4. The van der Waals surface area contributed by atoms with E-state index in [1.165, 1.54) is 23.1 Å². The smallest absolute Gasteiger partial charge is 0.274 e. The van der Waals surface area contributed by atoms with E-state index in [9.17, 15) is 13.6 Å². The van der Waals surface area contributed by atoms with Gasteiger partial charge in [-0.1, -0.05) is 22.9 Å². The van der Waals surface area contributed by atoms with Crippen LogP contribution in [-0.2, 0) is 6.54 Å². The molecule has 0 radical (unpaired) electrons. The molecule has 0 spiro atoms. The fourth-order valence-electron chi connectivity index (χ4n) is 1.98. The average molecular weight is 366 g/mol. The maximum Gasteiger partial charge on any atom is 0.274 e. The molecule has 3 rings (SSSR count). The molecule has 0 saturated heterocycles. The van der Waals surface area contributed by atoms with Crippen LogP contribution < -0.4 is 11.1 Å². The summed E-state index contributed by atoms with van der Waals surface area (Å²) in [5.74, 6) is -2.28. The van der Waals surface area contributed by atoms with Crippen LogP contribution in [0.25, 0.3) is 5.82 Å². The monoisotopic (exact) mass is 365 g/mol. The van der Waals surface area contributed by atoms with Gasteiger partial charge in [-0.25, -0.2) is 18.7 Å². The highest BCUT2D eigenvalue weighted by molar-refractivity contribution is 6.31. The molecule has 1 amide bonds. The molecule has 0 saturated carbocycles. The Hall–Kier alpha value is -3.14. The molecule has 2 aromatic heterocycles. The topological polar surface area (TPSA) is 112 Å². The molecule has 0 unspecified atom stereocenters. The summed E-state index contributed by atoms with van der Waals surface area (Å²) in [5.41, 5.74) is 5.62. The Kier molecular flexibility index (Phi) is 4.52. The predicted octanol–water partition coefficient (Wildman–Crippen LogP) is 1.50. The maximum absolute atomic E-state index is 13.6. The Morgan fingerprint density at radius 2 is 2.12 bits per heavy atom. The van der Waals surface area contributed by atoms with Crippen LogP contribution in [0.2, 0.25) is 5.15 Å². The number of hydrogen-bond acceptors (Lipinski definition) is 6. The average Bonchev–Trinajstić information content (AvgIpc) is 3.09. The molecule has 3 aromatic rings. The van der Waals surface area contributed by atoms with E-state index in [4.69, 9.17) is 17.3 Å². The SMILES string of the molecule is Nc1nc(-n2ccnn2)c(Cl)nc1C(=O)NCc1ccc(F)cc1F. The normalized spacial score (nSPS) is 10.7. The summed E-state index contributed by atoms with van der Waals surface area (Å²) in [5, 5.41) is 9.62. The number of amides is 1. The minimum Gasteiger partial charge on any atom is -0.382 e. The summed E-state index contributed by atoms with van der Waals surface area (Å²) < 4.78 is 27.7. The molecule has 128 valence electrons. The van der Waals surface area contributed by atoms with Crippen LogP contribution in [0, 0.1) is 11.6 Å².